The first kappa shape index (κ1) is 24.0. The van der Waals surface area contributed by atoms with Crippen molar-refractivity contribution in [1.82, 2.24) is 4.98 Å². The lowest BCUT2D eigenvalue weighted by molar-refractivity contribution is -0.132. The average molecular weight is 473 g/mol. The zero-order chi connectivity index (χ0) is 25.1. The van der Waals surface area contributed by atoms with Gasteiger partial charge >= 0.3 is 0 Å². The zero-order valence-electron chi connectivity index (χ0n) is 20.2. The normalized spacial score (nSPS) is 17.2. The Bertz CT molecular complexity index is 1280. The number of rotatable bonds is 7. The van der Waals surface area contributed by atoms with Crippen molar-refractivity contribution in [1.29, 1.82) is 0 Å². The molecule has 0 aliphatic carbocycles. The molecule has 1 unspecified atom stereocenters. The summed E-state index contributed by atoms with van der Waals surface area (Å²) >= 11 is 0. The van der Waals surface area contributed by atoms with Gasteiger partial charge in [-0.05, 0) is 60.4 Å². The number of Topliss-reactive ketones (excluding diaryl/α,β-unsaturated/α-hetero) is 1. The van der Waals surface area contributed by atoms with Gasteiger partial charge in [0.1, 0.15) is 17.3 Å². The van der Waals surface area contributed by atoms with Gasteiger partial charge in [0.2, 0.25) is 0 Å². The minimum atomic E-state index is -0.878. The number of aliphatic hydroxyl groups is 1. The number of carbonyl (C=O) groups is 2. The highest BCUT2D eigenvalue weighted by Gasteiger charge is 2.47. The van der Waals surface area contributed by atoms with E-state index in [1.807, 2.05) is 6.92 Å². The van der Waals surface area contributed by atoms with Crippen LogP contribution < -0.4 is 14.4 Å². The van der Waals surface area contributed by atoms with E-state index in [4.69, 9.17) is 9.47 Å². The van der Waals surface area contributed by atoms with Crippen LogP contribution in [-0.2, 0) is 9.59 Å². The average Bonchev–Trinajstić information content (AvgIpc) is 3.13. The Kier molecular flexibility index (Phi) is 6.87. The predicted octanol–water partition coefficient (Wildman–Crippen LogP) is 5.06. The van der Waals surface area contributed by atoms with Crippen molar-refractivity contribution >= 4 is 23.1 Å². The Labute approximate surface area is 204 Å². The smallest absolute Gasteiger partial charge is 0.300 e. The molecule has 1 aliphatic rings. The summed E-state index contributed by atoms with van der Waals surface area (Å²) in [6.45, 7) is 6.57. The third-order valence-corrected chi connectivity index (χ3v) is 5.81. The summed E-state index contributed by atoms with van der Waals surface area (Å²) in [5, 5.41) is 11.4. The second kappa shape index (κ2) is 10.0. The number of anilines is 1. The van der Waals surface area contributed by atoms with E-state index >= 15 is 0 Å². The molecule has 1 N–H and O–H groups in total. The van der Waals surface area contributed by atoms with Crippen LogP contribution in [0.1, 0.15) is 36.6 Å². The van der Waals surface area contributed by atoms with E-state index in [2.05, 4.69) is 18.8 Å². The molecule has 1 atom stereocenters. The van der Waals surface area contributed by atoms with Gasteiger partial charge in [0.25, 0.3) is 11.7 Å². The van der Waals surface area contributed by atoms with Crippen molar-refractivity contribution in [2.24, 2.45) is 5.92 Å². The number of hydrogen-bond donors (Lipinski definition) is 1. The molecular weight excluding hydrogens is 444 g/mol. The number of aromatic nitrogens is 1. The highest BCUT2D eigenvalue weighted by atomic mass is 16.5. The molecule has 2 aromatic carbocycles. The number of benzene rings is 2. The number of methoxy groups -OCH3 is 1. The molecular formula is C28H28N2O5. The molecule has 35 heavy (non-hydrogen) atoms. The third-order valence-electron chi connectivity index (χ3n) is 5.81. The van der Waals surface area contributed by atoms with Gasteiger partial charge in [-0.1, -0.05) is 32.0 Å². The second-order valence-corrected chi connectivity index (χ2v) is 8.81. The second-order valence-electron chi connectivity index (χ2n) is 8.81. The Morgan fingerprint density at radius 1 is 1.09 bits per heavy atom. The Hall–Kier alpha value is -4.13. The van der Waals surface area contributed by atoms with E-state index in [0.717, 1.165) is 5.56 Å². The Balaban J connectivity index is 1.86. The van der Waals surface area contributed by atoms with Crippen LogP contribution in [0.25, 0.3) is 5.76 Å². The van der Waals surface area contributed by atoms with Crippen LogP contribution in [0.3, 0.4) is 0 Å². The molecule has 0 saturated carbocycles. The maximum absolute atomic E-state index is 13.3. The van der Waals surface area contributed by atoms with E-state index in [-0.39, 0.29) is 11.3 Å². The minimum absolute atomic E-state index is 0.0100. The fourth-order valence-corrected chi connectivity index (χ4v) is 4.13. The van der Waals surface area contributed by atoms with E-state index < -0.39 is 17.7 Å². The monoisotopic (exact) mass is 472 g/mol. The van der Waals surface area contributed by atoms with Crippen molar-refractivity contribution in [3.63, 3.8) is 0 Å². The number of amides is 1. The zero-order valence-corrected chi connectivity index (χ0v) is 20.2. The van der Waals surface area contributed by atoms with E-state index in [0.29, 0.717) is 40.8 Å². The number of nitrogens with zero attached hydrogens (tertiary/aromatic N) is 2. The molecule has 0 radical (unpaired) electrons. The van der Waals surface area contributed by atoms with Gasteiger partial charge in [0.15, 0.2) is 0 Å². The van der Waals surface area contributed by atoms with Crippen LogP contribution in [0.2, 0.25) is 0 Å². The van der Waals surface area contributed by atoms with Gasteiger partial charge in [-0.15, -0.1) is 0 Å². The number of aliphatic hydroxyl groups excluding tert-OH is 1. The Morgan fingerprint density at radius 3 is 2.51 bits per heavy atom. The molecule has 3 aromatic rings. The van der Waals surface area contributed by atoms with Crippen molar-refractivity contribution in [3.05, 3.63) is 89.3 Å². The van der Waals surface area contributed by atoms with Gasteiger partial charge in [0.05, 0.1) is 31.0 Å². The molecule has 4 rings (SSSR count). The van der Waals surface area contributed by atoms with Crippen LogP contribution >= 0.6 is 0 Å². The lowest BCUT2D eigenvalue weighted by atomic mass is 9.95. The summed E-state index contributed by atoms with van der Waals surface area (Å²) in [6, 6.07) is 14.8. The van der Waals surface area contributed by atoms with Crippen LogP contribution in [0.15, 0.2) is 72.6 Å². The van der Waals surface area contributed by atoms with Crippen LogP contribution in [0, 0.1) is 12.8 Å². The maximum Gasteiger partial charge on any atom is 0.300 e. The molecule has 2 heterocycles. The third kappa shape index (κ3) is 4.62. The topological polar surface area (TPSA) is 89.0 Å². The SMILES string of the molecule is COc1ccccc1N1C(=O)C(=O)/C(=C(\O)c2ccc(OCC(C)C)c(C)c2)C1c1cccnc1. The molecule has 0 spiro atoms. The number of carbonyl (C=O) groups excluding carboxylic acids is 2. The molecule has 7 nitrogen and oxygen atoms in total. The number of para-hydroxylation sites is 2. The fraction of sp³-hybridized carbons (Fsp3) is 0.250. The van der Waals surface area contributed by atoms with Gasteiger partial charge < -0.3 is 14.6 Å². The molecule has 1 aromatic heterocycles. The summed E-state index contributed by atoms with van der Waals surface area (Å²) in [7, 11) is 1.50. The molecule has 1 amide bonds. The fourth-order valence-electron chi connectivity index (χ4n) is 4.13. The summed E-state index contributed by atoms with van der Waals surface area (Å²) in [6.07, 6.45) is 3.19. The van der Waals surface area contributed by atoms with Crippen LogP contribution in [0.5, 0.6) is 11.5 Å². The Morgan fingerprint density at radius 2 is 1.86 bits per heavy atom. The largest absolute Gasteiger partial charge is 0.507 e. The number of pyridine rings is 1. The van der Waals surface area contributed by atoms with Crippen molar-refractivity contribution < 1.29 is 24.2 Å². The predicted molar refractivity (Wildman–Crippen MR) is 134 cm³/mol. The highest BCUT2D eigenvalue weighted by molar-refractivity contribution is 6.51. The van der Waals surface area contributed by atoms with Crippen molar-refractivity contribution in [3.8, 4) is 11.5 Å². The van der Waals surface area contributed by atoms with Crippen molar-refractivity contribution in [2.45, 2.75) is 26.8 Å². The molecule has 0 bridgehead atoms. The van der Waals surface area contributed by atoms with E-state index in [1.54, 1.807) is 67.0 Å². The quantitative estimate of drug-likeness (QED) is 0.294. The molecule has 1 fully saturated rings. The molecule has 180 valence electrons. The van der Waals surface area contributed by atoms with E-state index in [9.17, 15) is 14.7 Å². The van der Waals surface area contributed by atoms with Gasteiger partial charge in [0, 0.05) is 18.0 Å². The lowest BCUT2D eigenvalue weighted by Gasteiger charge is -2.26. The summed E-state index contributed by atoms with van der Waals surface area (Å²) in [5.74, 6) is -0.279. The minimum Gasteiger partial charge on any atom is -0.507 e. The first-order chi connectivity index (χ1) is 16.8. The van der Waals surface area contributed by atoms with Crippen LogP contribution in [0.4, 0.5) is 5.69 Å². The van der Waals surface area contributed by atoms with E-state index in [1.165, 1.54) is 12.0 Å². The highest BCUT2D eigenvalue weighted by Crippen LogP contribution is 2.44. The molecule has 7 heteroatoms. The number of hydrogen-bond acceptors (Lipinski definition) is 6. The molecule has 1 saturated heterocycles. The first-order valence-electron chi connectivity index (χ1n) is 11.4. The first-order valence-corrected chi connectivity index (χ1v) is 11.4. The molecule has 1 aliphatic heterocycles. The maximum atomic E-state index is 13.3. The number of ether oxygens (including phenoxy) is 2. The van der Waals surface area contributed by atoms with Gasteiger partial charge in [-0.2, -0.15) is 0 Å². The number of ketones is 1. The summed E-state index contributed by atoms with van der Waals surface area (Å²) < 4.78 is 11.3. The summed E-state index contributed by atoms with van der Waals surface area (Å²) in [4.78, 5) is 32.2. The standard InChI is InChI=1S/C28H28N2O5/c1-17(2)16-35-22-12-11-19(14-18(22)3)26(31)24-25(20-8-7-13-29-15-20)30(28(33)27(24)32)21-9-5-6-10-23(21)34-4/h5-15,17,25,31H,16H2,1-4H3/b26-24-. The number of aryl methyl sites for hydroxylation is 1. The van der Waals surface area contributed by atoms with Crippen LogP contribution in [-0.4, -0.2) is 35.5 Å². The summed E-state index contributed by atoms with van der Waals surface area (Å²) in [5.41, 5.74) is 2.24. The lowest BCUT2D eigenvalue weighted by Crippen LogP contribution is -2.29. The van der Waals surface area contributed by atoms with Gasteiger partial charge in [-0.3, -0.25) is 19.5 Å². The van der Waals surface area contributed by atoms with Crippen molar-refractivity contribution in [2.75, 3.05) is 18.6 Å². The van der Waals surface area contributed by atoms with Gasteiger partial charge in [-0.25, -0.2) is 0 Å².